The Morgan fingerprint density at radius 2 is 1.79 bits per heavy atom. The molecule has 0 saturated carbocycles. The topological polar surface area (TPSA) is 49.6 Å². The molecule has 0 N–H and O–H groups in total. The zero-order valence-electron chi connectivity index (χ0n) is 10.9. The van der Waals surface area contributed by atoms with Gasteiger partial charge in [-0.3, -0.25) is 0 Å². The molecule has 5 heteroatoms. The van der Waals surface area contributed by atoms with Gasteiger partial charge in [0.25, 0.3) is 0 Å². The van der Waals surface area contributed by atoms with Gasteiger partial charge in [-0.25, -0.2) is 9.97 Å². The normalized spacial score (nSPS) is 10.3. The number of nitriles is 1. The number of hydrogen-bond donors (Lipinski definition) is 0. The first-order valence-electron chi connectivity index (χ1n) is 5.70. The molecule has 0 atom stereocenters. The summed E-state index contributed by atoms with van der Waals surface area (Å²) in [5, 5.41) is 10.3. The van der Waals surface area contributed by atoms with E-state index in [2.05, 4.69) is 16.0 Å². The van der Waals surface area contributed by atoms with Crippen molar-refractivity contribution < 1.29 is 0 Å². The molecule has 0 unspecified atom stereocenters. The van der Waals surface area contributed by atoms with Gasteiger partial charge >= 0.3 is 0 Å². The molecule has 0 spiro atoms. The Morgan fingerprint density at radius 1 is 1.16 bits per heavy atom. The van der Waals surface area contributed by atoms with Crippen molar-refractivity contribution in [3.8, 4) is 6.07 Å². The van der Waals surface area contributed by atoms with Crippen molar-refractivity contribution in [1.82, 2.24) is 9.97 Å². The lowest BCUT2D eigenvalue weighted by Crippen LogP contribution is -1.98. The summed E-state index contributed by atoms with van der Waals surface area (Å²) < 4.78 is 0. The third-order valence-corrected chi connectivity index (χ3v) is 4.04. The van der Waals surface area contributed by atoms with Crippen LogP contribution in [0.4, 0.5) is 0 Å². The van der Waals surface area contributed by atoms with E-state index >= 15 is 0 Å². The molecule has 2 rings (SSSR count). The zero-order valence-corrected chi connectivity index (χ0v) is 12.4. The monoisotopic (exact) mass is 289 g/mol. The van der Waals surface area contributed by atoms with Crippen LogP contribution in [0.5, 0.6) is 0 Å². The van der Waals surface area contributed by atoms with Crippen molar-refractivity contribution in [2.24, 2.45) is 0 Å². The van der Waals surface area contributed by atoms with Gasteiger partial charge < -0.3 is 0 Å². The zero-order chi connectivity index (χ0) is 14.0. The number of aryl methyl sites for hydroxylation is 2. The Hall–Kier alpha value is -1.57. The fourth-order valence-electron chi connectivity index (χ4n) is 1.56. The molecule has 0 bridgehead atoms. The summed E-state index contributed by atoms with van der Waals surface area (Å²) in [7, 11) is 0. The molecule has 0 aliphatic carbocycles. The Balaban J connectivity index is 2.42. The summed E-state index contributed by atoms with van der Waals surface area (Å²) >= 11 is 7.33. The lowest BCUT2D eigenvalue weighted by molar-refractivity contribution is 0.881. The van der Waals surface area contributed by atoms with Crippen molar-refractivity contribution in [3.05, 3.63) is 45.7 Å². The van der Waals surface area contributed by atoms with Crippen LogP contribution in [0.1, 0.15) is 22.5 Å². The minimum Gasteiger partial charge on any atom is -0.227 e. The second-order valence-corrected chi connectivity index (χ2v) is 5.60. The largest absolute Gasteiger partial charge is 0.227 e. The van der Waals surface area contributed by atoms with E-state index in [1.54, 1.807) is 18.2 Å². The van der Waals surface area contributed by atoms with Crippen LogP contribution in [0.25, 0.3) is 0 Å². The van der Waals surface area contributed by atoms with Crippen molar-refractivity contribution in [1.29, 1.82) is 5.26 Å². The standard InChI is InChI=1S/C14H12ClN3S/c1-8-9(2)17-14(18-10(8)3)19-13-6-12(15)5-4-11(13)7-16/h4-6H,1-3H3. The number of nitrogens with zero attached hydrogens (tertiary/aromatic N) is 3. The summed E-state index contributed by atoms with van der Waals surface area (Å²) in [6, 6.07) is 7.32. The minimum absolute atomic E-state index is 0.578. The smallest absolute Gasteiger partial charge is 0.192 e. The number of halogens is 1. The molecule has 0 saturated heterocycles. The Bertz CT molecular complexity index is 654. The predicted molar refractivity (Wildman–Crippen MR) is 76.5 cm³/mol. The predicted octanol–water partition coefficient (Wildman–Crippen LogP) is 4.08. The lowest BCUT2D eigenvalue weighted by Gasteiger charge is -2.07. The molecule has 19 heavy (non-hydrogen) atoms. The third-order valence-electron chi connectivity index (χ3n) is 2.88. The minimum atomic E-state index is 0.578. The molecular weight excluding hydrogens is 278 g/mol. The van der Waals surface area contributed by atoms with E-state index in [1.807, 2.05) is 20.8 Å². The van der Waals surface area contributed by atoms with Gasteiger partial charge in [-0.15, -0.1) is 0 Å². The van der Waals surface area contributed by atoms with Crippen LogP contribution in [-0.4, -0.2) is 9.97 Å². The van der Waals surface area contributed by atoms with E-state index in [1.165, 1.54) is 11.8 Å². The van der Waals surface area contributed by atoms with Crippen LogP contribution in [0.2, 0.25) is 5.02 Å². The quantitative estimate of drug-likeness (QED) is 0.782. The van der Waals surface area contributed by atoms with Crippen molar-refractivity contribution in [3.63, 3.8) is 0 Å². The fourth-order valence-corrected chi connectivity index (χ4v) is 2.77. The average molecular weight is 290 g/mol. The van der Waals surface area contributed by atoms with Gasteiger partial charge in [-0.2, -0.15) is 5.26 Å². The van der Waals surface area contributed by atoms with Crippen LogP contribution in [0, 0.1) is 32.1 Å². The molecule has 0 fully saturated rings. The van der Waals surface area contributed by atoms with E-state index < -0.39 is 0 Å². The summed E-state index contributed by atoms with van der Waals surface area (Å²) in [6.07, 6.45) is 0. The maximum atomic E-state index is 9.09. The van der Waals surface area contributed by atoms with E-state index in [-0.39, 0.29) is 0 Å². The molecule has 1 aromatic carbocycles. The van der Waals surface area contributed by atoms with Crippen LogP contribution in [0.15, 0.2) is 28.3 Å². The first-order chi connectivity index (χ1) is 9.01. The summed E-state index contributed by atoms with van der Waals surface area (Å²) in [5.41, 5.74) is 3.58. The average Bonchev–Trinajstić information content (AvgIpc) is 2.36. The maximum Gasteiger partial charge on any atom is 0.192 e. The molecule has 0 radical (unpaired) electrons. The lowest BCUT2D eigenvalue weighted by atomic mass is 10.2. The SMILES string of the molecule is Cc1nc(Sc2cc(Cl)ccc2C#N)nc(C)c1C. The van der Waals surface area contributed by atoms with Crippen molar-refractivity contribution in [2.45, 2.75) is 30.8 Å². The molecular formula is C14H12ClN3S. The molecule has 3 nitrogen and oxygen atoms in total. The Labute approximate surface area is 121 Å². The van der Waals surface area contributed by atoms with Crippen LogP contribution in [0.3, 0.4) is 0 Å². The molecule has 1 aromatic heterocycles. The second-order valence-electron chi connectivity index (χ2n) is 4.16. The fraction of sp³-hybridized carbons (Fsp3) is 0.214. The van der Waals surface area contributed by atoms with Gasteiger partial charge in [-0.1, -0.05) is 11.6 Å². The van der Waals surface area contributed by atoms with Gasteiger partial charge in [0.15, 0.2) is 5.16 Å². The molecule has 2 aromatic rings. The summed E-state index contributed by atoms with van der Waals surface area (Å²) in [5.74, 6) is 0. The maximum absolute atomic E-state index is 9.09. The van der Waals surface area contributed by atoms with Crippen LogP contribution in [-0.2, 0) is 0 Å². The van der Waals surface area contributed by atoms with E-state index in [9.17, 15) is 0 Å². The first-order valence-corrected chi connectivity index (χ1v) is 6.90. The van der Waals surface area contributed by atoms with Crippen LogP contribution >= 0.6 is 23.4 Å². The van der Waals surface area contributed by atoms with Gasteiger partial charge in [0.1, 0.15) is 6.07 Å². The van der Waals surface area contributed by atoms with Crippen LogP contribution < -0.4 is 0 Å². The summed E-state index contributed by atoms with van der Waals surface area (Å²) in [6.45, 7) is 5.91. The molecule has 0 aliphatic heterocycles. The number of benzene rings is 1. The van der Waals surface area contributed by atoms with E-state index in [0.717, 1.165) is 21.8 Å². The van der Waals surface area contributed by atoms with Crippen molar-refractivity contribution in [2.75, 3.05) is 0 Å². The first kappa shape index (κ1) is 13.9. The molecule has 1 heterocycles. The molecule has 0 aliphatic rings. The highest BCUT2D eigenvalue weighted by Gasteiger charge is 2.10. The van der Waals surface area contributed by atoms with Gasteiger partial charge in [-0.05, 0) is 56.3 Å². The number of hydrogen-bond acceptors (Lipinski definition) is 4. The Kier molecular flexibility index (Phi) is 4.08. The molecule has 0 amide bonds. The van der Waals surface area contributed by atoms with E-state index in [4.69, 9.17) is 16.9 Å². The second kappa shape index (κ2) is 5.60. The Morgan fingerprint density at radius 3 is 2.37 bits per heavy atom. The highest BCUT2D eigenvalue weighted by atomic mass is 35.5. The van der Waals surface area contributed by atoms with Gasteiger partial charge in [0, 0.05) is 21.3 Å². The highest BCUT2D eigenvalue weighted by molar-refractivity contribution is 7.99. The third kappa shape index (κ3) is 3.06. The number of aromatic nitrogens is 2. The molecule has 96 valence electrons. The van der Waals surface area contributed by atoms with Crippen molar-refractivity contribution >= 4 is 23.4 Å². The van der Waals surface area contributed by atoms with Gasteiger partial charge in [0.2, 0.25) is 0 Å². The highest BCUT2D eigenvalue weighted by Crippen LogP contribution is 2.30. The van der Waals surface area contributed by atoms with Gasteiger partial charge in [0.05, 0.1) is 5.56 Å². The summed E-state index contributed by atoms with van der Waals surface area (Å²) in [4.78, 5) is 9.64. The number of rotatable bonds is 2. The van der Waals surface area contributed by atoms with E-state index in [0.29, 0.717) is 15.7 Å².